The number of rotatable bonds is 3. The molecule has 0 bridgehead atoms. The highest BCUT2D eigenvalue weighted by Gasteiger charge is 2.19. The van der Waals surface area contributed by atoms with Gasteiger partial charge in [-0.2, -0.15) is 0 Å². The zero-order valence-corrected chi connectivity index (χ0v) is 8.74. The summed E-state index contributed by atoms with van der Waals surface area (Å²) >= 11 is 4.93. The van der Waals surface area contributed by atoms with E-state index in [9.17, 15) is 12.8 Å². The van der Waals surface area contributed by atoms with Crippen molar-refractivity contribution in [2.75, 3.05) is 0 Å². The van der Waals surface area contributed by atoms with Crippen LogP contribution in [0.2, 0.25) is 0 Å². The summed E-state index contributed by atoms with van der Waals surface area (Å²) in [6, 6.07) is 7.59. The zero-order chi connectivity index (χ0) is 9.90. The van der Waals surface area contributed by atoms with Crippen LogP contribution in [-0.4, -0.2) is 13.4 Å². The Morgan fingerprint density at radius 3 is 2.31 bits per heavy atom. The third-order valence-electron chi connectivity index (χ3n) is 1.23. The van der Waals surface area contributed by atoms with Gasteiger partial charge in [-0.05, 0) is 12.1 Å². The molecule has 0 heterocycles. The molecule has 0 amide bonds. The van der Waals surface area contributed by atoms with E-state index in [4.69, 9.17) is 11.6 Å². The highest BCUT2D eigenvalue weighted by Crippen LogP contribution is 2.29. The van der Waals surface area contributed by atoms with Crippen molar-refractivity contribution in [3.63, 3.8) is 0 Å². The summed E-state index contributed by atoms with van der Waals surface area (Å²) in [6.45, 7) is 0. The molecule has 13 heavy (non-hydrogen) atoms. The van der Waals surface area contributed by atoms with Crippen molar-refractivity contribution in [1.82, 2.24) is 0 Å². The summed E-state index contributed by atoms with van der Waals surface area (Å²) in [6.07, 6.45) is 0. The van der Waals surface area contributed by atoms with Gasteiger partial charge in [0.15, 0.2) is 0 Å². The molecule has 0 fully saturated rings. The molecule has 0 aliphatic carbocycles. The third kappa shape index (κ3) is 3.17. The number of alkyl halides is 2. The Labute approximate surface area is 84.4 Å². The zero-order valence-electron chi connectivity index (χ0n) is 6.35. The lowest BCUT2D eigenvalue weighted by Crippen LogP contribution is -1.97. The van der Waals surface area contributed by atoms with Gasteiger partial charge in [-0.15, -0.1) is 0 Å². The topological polar surface area (TPSA) is 34.1 Å². The van der Waals surface area contributed by atoms with Gasteiger partial charge in [0.1, 0.15) is 0 Å². The van der Waals surface area contributed by atoms with Gasteiger partial charge in [0.25, 0.3) is 0 Å². The maximum Gasteiger partial charge on any atom is 0.233 e. The van der Waals surface area contributed by atoms with Crippen molar-refractivity contribution in [1.29, 1.82) is 0 Å². The summed E-state index contributed by atoms with van der Waals surface area (Å²) in [5.41, 5.74) is 0. The van der Waals surface area contributed by atoms with E-state index in [0.29, 0.717) is 0 Å². The predicted octanol–water partition coefficient (Wildman–Crippen LogP) is 2.60. The molecule has 0 aliphatic heterocycles. The van der Waals surface area contributed by atoms with E-state index in [1.807, 2.05) is 0 Å². The Balaban J connectivity index is 2.96. The summed E-state index contributed by atoms with van der Waals surface area (Å²) in [7, 11) is -3.57. The first-order chi connectivity index (χ1) is 6.02. The number of hydrogen-bond donors (Lipinski definition) is 0. The monoisotopic (exact) mass is 240 g/mol. The third-order valence-corrected chi connectivity index (χ3v) is 4.91. The molecule has 0 N–H and O–H groups in total. The number of halogens is 2. The van der Waals surface area contributed by atoms with Crippen molar-refractivity contribution in [3.05, 3.63) is 30.3 Å². The van der Waals surface area contributed by atoms with E-state index in [1.54, 1.807) is 18.2 Å². The fourth-order valence-electron chi connectivity index (χ4n) is 0.738. The first-order valence-corrected chi connectivity index (χ1v) is 6.60. The van der Waals surface area contributed by atoms with Crippen LogP contribution in [0.25, 0.3) is 0 Å². The fourth-order valence-corrected chi connectivity index (χ4v) is 3.63. The highest BCUT2D eigenvalue weighted by molar-refractivity contribution is 8.72. The second kappa shape index (κ2) is 4.30. The van der Waals surface area contributed by atoms with Gasteiger partial charge in [-0.25, -0.2) is 12.8 Å². The first-order valence-electron chi connectivity index (χ1n) is 3.29. The van der Waals surface area contributed by atoms with E-state index >= 15 is 0 Å². The predicted molar refractivity (Wildman–Crippen MR) is 52.0 cm³/mol. The Bertz CT molecular complexity index is 363. The van der Waals surface area contributed by atoms with Crippen LogP contribution in [0.1, 0.15) is 0 Å². The summed E-state index contributed by atoms with van der Waals surface area (Å²) in [5, 5.41) is 0. The van der Waals surface area contributed by atoms with Crippen LogP contribution in [0, 0.1) is 0 Å². The quantitative estimate of drug-likeness (QED) is 0.602. The van der Waals surface area contributed by atoms with Crippen LogP contribution in [0.4, 0.5) is 4.39 Å². The Hall–Kier alpha value is -0.260. The minimum absolute atomic E-state index is 0.0586. The molecule has 1 aromatic carbocycles. The van der Waals surface area contributed by atoms with E-state index in [1.165, 1.54) is 12.1 Å². The van der Waals surface area contributed by atoms with E-state index in [2.05, 4.69) is 0 Å². The van der Waals surface area contributed by atoms with Crippen LogP contribution in [0.5, 0.6) is 0 Å². The highest BCUT2D eigenvalue weighted by atomic mass is 35.5. The molecule has 1 rings (SSSR count). The molecule has 2 nitrogen and oxygen atoms in total. The molecule has 0 saturated carbocycles. The lowest BCUT2D eigenvalue weighted by Gasteiger charge is -2.01. The molecule has 1 atom stereocenters. The van der Waals surface area contributed by atoms with Gasteiger partial charge in [0.2, 0.25) is 13.8 Å². The second-order valence-electron chi connectivity index (χ2n) is 2.12. The van der Waals surface area contributed by atoms with Crippen molar-refractivity contribution < 1.29 is 12.8 Å². The van der Waals surface area contributed by atoms with Gasteiger partial charge >= 0.3 is 0 Å². The van der Waals surface area contributed by atoms with Crippen molar-refractivity contribution in [3.8, 4) is 0 Å². The molecule has 1 unspecified atom stereocenters. The van der Waals surface area contributed by atoms with Crippen LogP contribution in [-0.2, 0) is 8.87 Å². The molecule has 0 spiro atoms. The molecule has 72 valence electrons. The van der Waals surface area contributed by atoms with Crippen molar-refractivity contribution in [2.45, 2.75) is 9.86 Å². The lowest BCUT2D eigenvalue weighted by molar-refractivity contribution is 0.561. The maximum absolute atomic E-state index is 12.2. The Morgan fingerprint density at radius 2 is 1.85 bits per heavy atom. The van der Waals surface area contributed by atoms with Crippen molar-refractivity contribution >= 4 is 31.3 Å². The molecule has 6 heteroatoms. The summed E-state index contributed by atoms with van der Waals surface area (Å²) < 4.78 is 34.8. The molecule has 1 aromatic rings. The molecular weight excluding hydrogens is 235 g/mol. The van der Waals surface area contributed by atoms with Gasteiger partial charge in [-0.1, -0.05) is 29.8 Å². The average molecular weight is 241 g/mol. The van der Waals surface area contributed by atoms with Gasteiger partial charge < -0.3 is 0 Å². The van der Waals surface area contributed by atoms with E-state index in [-0.39, 0.29) is 15.7 Å². The standard InChI is InChI=1S/C7H6ClFO2S2/c8-7(9)12-13(10,11)6-4-2-1-3-5-6/h1-5,7H. The smallest absolute Gasteiger partial charge is 0.217 e. The Morgan fingerprint density at radius 1 is 1.31 bits per heavy atom. The number of benzene rings is 1. The van der Waals surface area contributed by atoms with Crippen LogP contribution in [0.15, 0.2) is 35.2 Å². The minimum Gasteiger partial charge on any atom is -0.217 e. The lowest BCUT2D eigenvalue weighted by atomic mass is 10.4. The van der Waals surface area contributed by atoms with Gasteiger partial charge in [0, 0.05) is 10.8 Å². The summed E-state index contributed by atoms with van der Waals surface area (Å²) in [5.74, 6) is 0. The largest absolute Gasteiger partial charge is 0.233 e. The molecule has 0 saturated heterocycles. The van der Waals surface area contributed by atoms with Crippen LogP contribution >= 0.6 is 22.4 Å². The SMILES string of the molecule is O=S(=O)(SC(F)Cl)c1ccccc1. The molecule has 0 aromatic heterocycles. The van der Waals surface area contributed by atoms with E-state index < -0.39 is 13.8 Å². The Kier molecular flexibility index (Phi) is 3.58. The fraction of sp³-hybridized carbons (Fsp3) is 0.143. The second-order valence-corrected chi connectivity index (χ2v) is 6.65. The maximum atomic E-state index is 12.2. The molecular formula is C7H6ClFO2S2. The van der Waals surface area contributed by atoms with Crippen LogP contribution in [0.3, 0.4) is 0 Å². The summed E-state index contributed by atoms with van der Waals surface area (Å²) in [4.78, 5) is -1.88. The molecule has 0 radical (unpaired) electrons. The normalized spacial score (nSPS) is 14.0. The molecule has 0 aliphatic rings. The van der Waals surface area contributed by atoms with Gasteiger partial charge in [-0.3, -0.25) is 0 Å². The first kappa shape index (κ1) is 10.8. The van der Waals surface area contributed by atoms with Gasteiger partial charge in [0.05, 0.1) is 4.90 Å². The van der Waals surface area contributed by atoms with E-state index in [0.717, 1.165) is 0 Å². The minimum atomic E-state index is -3.65. The van der Waals surface area contributed by atoms with Crippen molar-refractivity contribution in [2.24, 2.45) is 0 Å². The average Bonchev–Trinajstić information content (AvgIpc) is 2.04. The number of hydrogen-bond acceptors (Lipinski definition) is 3. The van der Waals surface area contributed by atoms with Crippen LogP contribution < -0.4 is 0 Å².